The molecule has 6 nitrogen and oxygen atoms in total. The quantitative estimate of drug-likeness (QED) is 0.359. The average molecular weight is 519 g/mol. The van der Waals surface area contributed by atoms with Crippen molar-refractivity contribution < 1.29 is 9.18 Å². The average Bonchev–Trinajstić information content (AvgIpc) is 3.14. The van der Waals surface area contributed by atoms with E-state index in [2.05, 4.69) is 5.32 Å². The van der Waals surface area contributed by atoms with E-state index in [0.717, 1.165) is 11.1 Å². The van der Waals surface area contributed by atoms with Crippen LogP contribution >= 0.6 is 24.0 Å². The van der Waals surface area contributed by atoms with Crippen LogP contribution in [0.4, 0.5) is 10.2 Å². The Morgan fingerprint density at radius 2 is 1.81 bits per heavy atom. The number of benzene rings is 2. The Kier molecular flexibility index (Phi) is 7.67. The van der Waals surface area contributed by atoms with Gasteiger partial charge in [-0.3, -0.25) is 19.1 Å². The lowest BCUT2D eigenvalue weighted by Crippen LogP contribution is -2.30. The highest BCUT2D eigenvalue weighted by Crippen LogP contribution is 2.35. The number of halogens is 1. The molecule has 1 N–H and O–H groups in total. The van der Waals surface area contributed by atoms with Crippen molar-refractivity contribution in [3.8, 4) is 6.07 Å². The lowest BCUT2D eigenvalue weighted by Gasteiger charge is -2.18. The van der Waals surface area contributed by atoms with Crippen LogP contribution in [0.3, 0.4) is 0 Å². The fourth-order valence-electron chi connectivity index (χ4n) is 3.94. The van der Waals surface area contributed by atoms with E-state index in [4.69, 9.17) is 12.2 Å². The van der Waals surface area contributed by atoms with Gasteiger partial charge in [0.2, 0.25) is 0 Å². The van der Waals surface area contributed by atoms with E-state index in [0.29, 0.717) is 45.7 Å². The van der Waals surface area contributed by atoms with Crippen LogP contribution in [0.2, 0.25) is 0 Å². The highest BCUT2D eigenvalue weighted by Gasteiger charge is 2.32. The van der Waals surface area contributed by atoms with Crippen molar-refractivity contribution in [3.63, 3.8) is 0 Å². The van der Waals surface area contributed by atoms with E-state index in [1.54, 1.807) is 37.1 Å². The molecule has 0 bridgehead atoms. The SMILES string of the molecule is Cc1c(/C=C2/SC(=S)N(CCc3ccccc3)C2=O)c(NCc2ccc(F)cc2)n(C)c(=O)c1C#N. The first-order chi connectivity index (χ1) is 17.3. The molecule has 3 aromatic rings. The van der Waals surface area contributed by atoms with Crippen LogP contribution in [0.5, 0.6) is 0 Å². The maximum absolute atomic E-state index is 13.3. The number of hydrogen-bond acceptors (Lipinski definition) is 6. The third-order valence-electron chi connectivity index (χ3n) is 5.99. The van der Waals surface area contributed by atoms with E-state index in [1.165, 1.54) is 28.5 Å². The first-order valence-corrected chi connectivity index (χ1v) is 12.4. The van der Waals surface area contributed by atoms with Gasteiger partial charge in [0.15, 0.2) is 0 Å². The van der Waals surface area contributed by atoms with Gasteiger partial charge in [0.25, 0.3) is 11.5 Å². The Morgan fingerprint density at radius 3 is 2.47 bits per heavy atom. The molecule has 36 heavy (non-hydrogen) atoms. The number of nitrogens with one attached hydrogen (secondary N) is 1. The molecule has 0 radical (unpaired) electrons. The summed E-state index contributed by atoms with van der Waals surface area (Å²) in [7, 11) is 1.57. The maximum atomic E-state index is 13.3. The summed E-state index contributed by atoms with van der Waals surface area (Å²) in [4.78, 5) is 28.0. The fraction of sp³-hybridized carbons (Fsp3) is 0.185. The van der Waals surface area contributed by atoms with Gasteiger partial charge < -0.3 is 5.32 Å². The zero-order chi connectivity index (χ0) is 25.8. The van der Waals surface area contributed by atoms with E-state index >= 15 is 0 Å². The lowest BCUT2D eigenvalue weighted by molar-refractivity contribution is -0.122. The minimum absolute atomic E-state index is 0.00985. The van der Waals surface area contributed by atoms with Crippen LogP contribution in [0.25, 0.3) is 6.08 Å². The second-order valence-corrected chi connectivity index (χ2v) is 9.96. The molecule has 2 aromatic carbocycles. The number of amides is 1. The van der Waals surface area contributed by atoms with Gasteiger partial charge in [0.05, 0.1) is 4.91 Å². The molecule has 1 aliphatic rings. The number of aromatic nitrogens is 1. The molecule has 1 amide bonds. The van der Waals surface area contributed by atoms with E-state index in [1.807, 2.05) is 36.4 Å². The van der Waals surface area contributed by atoms with Crippen LogP contribution in [-0.4, -0.2) is 26.2 Å². The molecule has 1 saturated heterocycles. The topological polar surface area (TPSA) is 78.1 Å². The summed E-state index contributed by atoms with van der Waals surface area (Å²) in [5.41, 5.74) is 2.51. The van der Waals surface area contributed by atoms with Gasteiger partial charge in [0.1, 0.15) is 27.6 Å². The van der Waals surface area contributed by atoms with Crippen molar-refractivity contribution in [2.24, 2.45) is 7.05 Å². The monoisotopic (exact) mass is 518 g/mol. The van der Waals surface area contributed by atoms with Crippen LogP contribution in [-0.2, 0) is 24.8 Å². The first-order valence-electron chi connectivity index (χ1n) is 11.2. The summed E-state index contributed by atoms with van der Waals surface area (Å²) in [5.74, 6) is -0.0945. The Hall–Kier alpha value is -3.74. The summed E-state index contributed by atoms with van der Waals surface area (Å²) in [6.07, 6.45) is 2.35. The number of thioether (sulfide) groups is 1. The molecule has 0 unspecified atom stereocenters. The standard InChI is InChI=1S/C27H23FN4O2S2/c1-17-21(14-23-26(34)32(27(35)36-23)13-12-18-6-4-3-5-7-18)24(31(2)25(33)22(17)15-29)30-16-19-8-10-20(28)11-9-19/h3-11,14,30H,12-13,16H2,1-2H3/b23-14+. The van der Waals surface area contributed by atoms with Crippen LogP contribution in [0.15, 0.2) is 64.3 Å². The molecule has 0 saturated carbocycles. The minimum Gasteiger partial charge on any atom is -0.367 e. The minimum atomic E-state index is -0.441. The smallest absolute Gasteiger partial charge is 0.270 e. The molecular formula is C27H23FN4O2S2. The largest absolute Gasteiger partial charge is 0.367 e. The van der Waals surface area contributed by atoms with Crippen molar-refractivity contribution in [2.75, 3.05) is 11.9 Å². The number of thiocarbonyl (C=S) groups is 1. The zero-order valence-corrected chi connectivity index (χ0v) is 21.4. The maximum Gasteiger partial charge on any atom is 0.270 e. The molecule has 4 rings (SSSR count). The summed E-state index contributed by atoms with van der Waals surface area (Å²) in [6, 6.07) is 17.9. The molecule has 182 valence electrons. The van der Waals surface area contributed by atoms with E-state index < -0.39 is 5.56 Å². The molecule has 2 heterocycles. The number of nitriles is 1. The second-order valence-electron chi connectivity index (χ2n) is 8.29. The van der Waals surface area contributed by atoms with Crippen molar-refractivity contribution in [1.82, 2.24) is 9.47 Å². The zero-order valence-electron chi connectivity index (χ0n) is 19.7. The molecule has 1 aliphatic heterocycles. The van der Waals surface area contributed by atoms with Crippen molar-refractivity contribution in [3.05, 3.63) is 103 Å². The number of rotatable bonds is 7. The molecule has 0 atom stereocenters. The van der Waals surface area contributed by atoms with Crippen LogP contribution in [0, 0.1) is 24.1 Å². The predicted molar refractivity (Wildman–Crippen MR) is 145 cm³/mol. The Balaban J connectivity index is 1.67. The summed E-state index contributed by atoms with van der Waals surface area (Å²) >= 11 is 6.68. The number of carbonyl (C=O) groups is 1. The molecule has 0 spiro atoms. The van der Waals surface area contributed by atoms with Gasteiger partial charge in [-0.25, -0.2) is 4.39 Å². The third-order valence-corrected chi connectivity index (χ3v) is 7.37. The third kappa shape index (κ3) is 5.25. The first kappa shape index (κ1) is 25.4. The number of carbonyl (C=O) groups excluding carboxylic acids is 1. The highest BCUT2D eigenvalue weighted by atomic mass is 32.2. The highest BCUT2D eigenvalue weighted by molar-refractivity contribution is 8.26. The van der Waals surface area contributed by atoms with Crippen molar-refractivity contribution in [2.45, 2.75) is 19.9 Å². The van der Waals surface area contributed by atoms with Gasteiger partial charge in [-0.2, -0.15) is 5.26 Å². The Morgan fingerprint density at radius 1 is 1.11 bits per heavy atom. The molecular weight excluding hydrogens is 495 g/mol. The number of pyridine rings is 1. The lowest BCUT2D eigenvalue weighted by atomic mass is 10.0. The molecule has 1 aromatic heterocycles. The van der Waals surface area contributed by atoms with E-state index in [-0.39, 0.29) is 17.3 Å². The second kappa shape index (κ2) is 10.9. The fourth-order valence-corrected chi connectivity index (χ4v) is 5.23. The normalized spacial score (nSPS) is 14.4. The number of hydrogen-bond donors (Lipinski definition) is 1. The van der Waals surface area contributed by atoms with Gasteiger partial charge in [-0.15, -0.1) is 0 Å². The van der Waals surface area contributed by atoms with Crippen molar-refractivity contribution >= 4 is 46.1 Å². The Bertz CT molecular complexity index is 1460. The van der Waals surface area contributed by atoms with Crippen LogP contribution < -0.4 is 10.9 Å². The molecule has 1 fully saturated rings. The van der Waals surface area contributed by atoms with E-state index in [9.17, 15) is 19.2 Å². The summed E-state index contributed by atoms with van der Waals surface area (Å²) in [5, 5.41) is 12.8. The van der Waals surface area contributed by atoms with Crippen LogP contribution in [0.1, 0.15) is 27.8 Å². The van der Waals surface area contributed by atoms with Gasteiger partial charge in [0, 0.05) is 25.7 Å². The van der Waals surface area contributed by atoms with Crippen molar-refractivity contribution in [1.29, 1.82) is 5.26 Å². The van der Waals surface area contributed by atoms with Gasteiger partial charge in [-0.05, 0) is 48.2 Å². The predicted octanol–water partition coefficient (Wildman–Crippen LogP) is 4.76. The number of anilines is 1. The van der Waals surface area contributed by atoms with Gasteiger partial charge in [-0.1, -0.05) is 66.4 Å². The number of nitrogens with zero attached hydrogens (tertiary/aromatic N) is 3. The molecule has 0 aliphatic carbocycles. The Labute approximate surface area is 218 Å². The summed E-state index contributed by atoms with van der Waals surface area (Å²) in [6.45, 7) is 2.46. The molecule has 9 heteroatoms. The van der Waals surface area contributed by atoms with Gasteiger partial charge >= 0.3 is 0 Å². The summed E-state index contributed by atoms with van der Waals surface area (Å²) < 4.78 is 15.1.